The highest BCUT2D eigenvalue weighted by Gasteiger charge is 2.38. The molecule has 1 N–H and O–H groups in total. The Kier molecular flexibility index (Phi) is 11.2. The minimum Gasteiger partial charge on any atom is -0.445 e. The Morgan fingerprint density at radius 1 is 0.952 bits per heavy atom. The van der Waals surface area contributed by atoms with E-state index in [1.54, 1.807) is 13.8 Å². The average Bonchev–Trinajstić information content (AvgIpc) is 3.35. The number of non-ortho nitro benzene ring substituents is 2. The van der Waals surface area contributed by atoms with Gasteiger partial charge in [-0.15, -0.1) is 0 Å². The first kappa shape index (κ1) is 32.3. The van der Waals surface area contributed by atoms with Gasteiger partial charge < -0.3 is 24.4 Å². The van der Waals surface area contributed by atoms with Crippen molar-refractivity contribution >= 4 is 40.4 Å². The highest BCUT2D eigenvalue weighted by molar-refractivity contribution is 8.14. The van der Waals surface area contributed by atoms with Gasteiger partial charge in [0.05, 0.1) is 28.1 Å². The summed E-state index contributed by atoms with van der Waals surface area (Å²) in [5, 5.41) is 24.0. The van der Waals surface area contributed by atoms with Crippen LogP contribution in [-0.4, -0.2) is 68.6 Å². The van der Waals surface area contributed by atoms with Crippen LogP contribution in [0.2, 0.25) is 0 Å². The summed E-state index contributed by atoms with van der Waals surface area (Å²) in [6.45, 7) is 5.33. The van der Waals surface area contributed by atoms with Crippen molar-refractivity contribution in [3.63, 3.8) is 0 Å². The van der Waals surface area contributed by atoms with Gasteiger partial charge in [-0.05, 0) is 55.7 Å². The highest BCUT2D eigenvalue weighted by Crippen LogP contribution is 2.30. The third-order valence-electron chi connectivity index (χ3n) is 6.29. The zero-order chi connectivity index (χ0) is 30.9. The number of carbonyl (C=O) groups is 3. The Morgan fingerprint density at radius 3 is 1.98 bits per heavy atom. The number of hydrogen-bond acceptors (Lipinski definition) is 11. The SMILES string of the molecule is CC(=O)S[C@H]1C[C@@H](COC(C)(C)CNC(=O)OCc2ccc([N+](=O)[O-])cc2)N(C(=O)OCc2ccc([N+](=O)[O-])cc2)C1. The molecule has 1 saturated heterocycles. The molecule has 1 aliphatic heterocycles. The van der Waals surface area contributed by atoms with Crippen LogP contribution in [0.4, 0.5) is 21.0 Å². The monoisotopic (exact) mass is 604 g/mol. The first-order valence-electron chi connectivity index (χ1n) is 12.9. The molecule has 0 radical (unpaired) electrons. The molecule has 2 amide bonds. The van der Waals surface area contributed by atoms with E-state index >= 15 is 0 Å². The van der Waals surface area contributed by atoms with Crippen LogP contribution >= 0.6 is 11.8 Å². The zero-order valence-corrected chi connectivity index (χ0v) is 24.2. The molecular weight excluding hydrogens is 572 g/mol. The summed E-state index contributed by atoms with van der Waals surface area (Å²) in [5.74, 6) is 0. The molecule has 1 aliphatic rings. The minimum absolute atomic E-state index is 0.0631. The Balaban J connectivity index is 1.50. The molecule has 2 aromatic carbocycles. The van der Waals surface area contributed by atoms with Crippen molar-refractivity contribution in [2.24, 2.45) is 0 Å². The van der Waals surface area contributed by atoms with Gasteiger partial charge in [-0.1, -0.05) is 11.8 Å². The van der Waals surface area contributed by atoms with Gasteiger partial charge in [0.1, 0.15) is 13.2 Å². The summed E-state index contributed by atoms with van der Waals surface area (Å²) in [6.07, 6.45) is -0.794. The van der Waals surface area contributed by atoms with E-state index in [4.69, 9.17) is 14.2 Å². The van der Waals surface area contributed by atoms with Crippen LogP contribution in [0.15, 0.2) is 48.5 Å². The number of nitro benzene ring substituents is 2. The first-order chi connectivity index (χ1) is 19.8. The van der Waals surface area contributed by atoms with Gasteiger partial charge in [-0.3, -0.25) is 25.0 Å². The molecule has 0 saturated carbocycles. The van der Waals surface area contributed by atoms with Gasteiger partial charge >= 0.3 is 12.2 Å². The van der Waals surface area contributed by atoms with Gasteiger partial charge in [0, 0.05) is 49.5 Å². The lowest BCUT2D eigenvalue weighted by molar-refractivity contribution is -0.385. The molecule has 0 aliphatic carbocycles. The van der Waals surface area contributed by atoms with E-state index in [0.717, 1.165) is 11.8 Å². The Morgan fingerprint density at radius 2 is 1.48 bits per heavy atom. The fourth-order valence-corrected chi connectivity index (χ4v) is 5.11. The van der Waals surface area contributed by atoms with Crippen molar-refractivity contribution in [3.05, 3.63) is 79.9 Å². The van der Waals surface area contributed by atoms with Crippen LogP contribution in [0.1, 0.15) is 38.3 Å². The standard InChI is InChI=1S/C27H32N4O10S/c1-18(32)42-24-12-23(29(13-24)26(34)40-15-20-6-10-22(11-7-20)31(37)38)16-41-27(2,3)17-28-25(33)39-14-19-4-8-21(9-5-19)30(35)36/h4-11,23-24H,12-17H2,1-3H3,(H,28,33)/t23-,24-/m0/s1. The van der Waals surface area contributed by atoms with Crippen molar-refractivity contribution in [1.29, 1.82) is 0 Å². The summed E-state index contributed by atoms with van der Waals surface area (Å²) < 4.78 is 16.7. The maximum absolute atomic E-state index is 13.0. The van der Waals surface area contributed by atoms with Gasteiger partial charge in [0.15, 0.2) is 5.12 Å². The van der Waals surface area contributed by atoms with Gasteiger partial charge in [-0.25, -0.2) is 9.59 Å². The number of nitro groups is 2. The fourth-order valence-electron chi connectivity index (χ4n) is 4.09. The Bertz CT molecular complexity index is 1290. The number of rotatable bonds is 12. The molecule has 1 heterocycles. The molecule has 0 aromatic heterocycles. The predicted octanol–water partition coefficient (Wildman–Crippen LogP) is 4.58. The third-order valence-corrected chi connectivity index (χ3v) is 7.30. The molecule has 0 spiro atoms. The summed E-state index contributed by atoms with van der Waals surface area (Å²) >= 11 is 1.14. The molecule has 0 unspecified atom stereocenters. The van der Waals surface area contributed by atoms with Gasteiger partial charge in [-0.2, -0.15) is 0 Å². The predicted molar refractivity (Wildman–Crippen MR) is 152 cm³/mol. The lowest BCUT2D eigenvalue weighted by Gasteiger charge is -2.30. The van der Waals surface area contributed by atoms with E-state index in [1.165, 1.54) is 60.4 Å². The van der Waals surface area contributed by atoms with E-state index in [1.807, 2.05) is 0 Å². The van der Waals surface area contributed by atoms with Crippen molar-refractivity contribution in [2.45, 2.75) is 57.3 Å². The fraction of sp³-hybridized carbons (Fsp3) is 0.444. The zero-order valence-electron chi connectivity index (χ0n) is 23.3. The molecule has 226 valence electrons. The van der Waals surface area contributed by atoms with Crippen LogP contribution in [0.25, 0.3) is 0 Å². The molecule has 14 nitrogen and oxygen atoms in total. The van der Waals surface area contributed by atoms with Crippen LogP contribution in [0.3, 0.4) is 0 Å². The Labute approximate surface area is 246 Å². The molecule has 15 heteroatoms. The van der Waals surface area contributed by atoms with Crippen molar-refractivity contribution in [1.82, 2.24) is 10.2 Å². The summed E-state index contributed by atoms with van der Waals surface area (Å²) in [7, 11) is 0. The number of nitrogens with zero attached hydrogens (tertiary/aromatic N) is 3. The summed E-state index contributed by atoms with van der Waals surface area (Å²) in [5.41, 5.74) is 0.203. The molecule has 0 bridgehead atoms. The normalized spacial score (nSPS) is 16.5. The Hall–Kier alpha value is -4.24. The number of amides is 2. The van der Waals surface area contributed by atoms with Gasteiger partial charge in [0.2, 0.25) is 0 Å². The molecular formula is C27H32N4O10S. The largest absolute Gasteiger partial charge is 0.445 e. The second-order valence-electron chi connectivity index (χ2n) is 10.2. The van der Waals surface area contributed by atoms with Crippen LogP contribution in [0, 0.1) is 20.2 Å². The molecule has 2 aromatic rings. The summed E-state index contributed by atoms with van der Waals surface area (Å²) in [4.78, 5) is 58.9. The van der Waals surface area contributed by atoms with Crippen molar-refractivity contribution in [3.8, 4) is 0 Å². The molecule has 2 atom stereocenters. The topological polar surface area (TPSA) is 180 Å². The number of nitrogens with one attached hydrogen (secondary N) is 1. The molecule has 1 fully saturated rings. The van der Waals surface area contributed by atoms with Crippen LogP contribution in [0.5, 0.6) is 0 Å². The number of ether oxygens (including phenoxy) is 3. The quantitative estimate of drug-likeness (QED) is 0.264. The van der Waals surface area contributed by atoms with E-state index in [2.05, 4.69) is 5.32 Å². The number of likely N-dealkylation sites (tertiary alicyclic amines) is 1. The highest BCUT2D eigenvalue weighted by atomic mass is 32.2. The summed E-state index contributed by atoms with van der Waals surface area (Å²) in [6, 6.07) is 10.9. The second kappa shape index (κ2) is 14.6. The lowest BCUT2D eigenvalue weighted by Crippen LogP contribution is -2.45. The molecule has 3 rings (SSSR count). The van der Waals surface area contributed by atoms with Crippen molar-refractivity contribution in [2.75, 3.05) is 19.7 Å². The van der Waals surface area contributed by atoms with E-state index in [9.17, 15) is 34.6 Å². The maximum Gasteiger partial charge on any atom is 0.410 e. The van der Waals surface area contributed by atoms with E-state index in [-0.39, 0.29) is 60.7 Å². The number of benzene rings is 2. The minimum atomic E-state index is -0.841. The lowest BCUT2D eigenvalue weighted by atomic mass is 10.1. The van der Waals surface area contributed by atoms with Gasteiger partial charge in [0.25, 0.3) is 11.4 Å². The molecule has 42 heavy (non-hydrogen) atoms. The maximum atomic E-state index is 13.0. The van der Waals surface area contributed by atoms with Crippen molar-refractivity contribution < 1.29 is 38.4 Å². The van der Waals surface area contributed by atoms with E-state index in [0.29, 0.717) is 17.5 Å². The third kappa shape index (κ3) is 9.99. The average molecular weight is 605 g/mol. The smallest absolute Gasteiger partial charge is 0.410 e. The number of alkyl carbamates (subject to hydrolysis) is 1. The first-order valence-corrected chi connectivity index (χ1v) is 13.8. The second-order valence-corrected chi connectivity index (χ2v) is 11.7. The number of hydrogen-bond donors (Lipinski definition) is 1. The van der Waals surface area contributed by atoms with Crippen LogP contribution in [-0.2, 0) is 32.2 Å². The van der Waals surface area contributed by atoms with Crippen LogP contribution < -0.4 is 5.32 Å². The van der Waals surface area contributed by atoms with E-state index < -0.39 is 27.6 Å². The number of carbonyl (C=O) groups excluding carboxylic acids is 3. The number of thioether (sulfide) groups is 1.